The topological polar surface area (TPSA) is 17.1 Å². The molecule has 0 aliphatic heterocycles. The van der Waals surface area contributed by atoms with E-state index in [1.807, 2.05) is 0 Å². The molecular formula is C8H8BrFO. The molecule has 0 unspecified atom stereocenters. The summed E-state index contributed by atoms with van der Waals surface area (Å²) >= 11 is 3.23. The fraction of sp³-hybridized carbons (Fsp3) is 0.375. The van der Waals surface area contributed by atoms with Gasteiger partial charge < -0.3 is 0 Å². The molecule has 0 saturated heterocycles. The quantitative estimate of drug-likeness (QED) is 0.662. The second-order valence-electron chi connectivity index (χ2n) is 2.47. The van der Waals surface area contributed by atoms with E-state index in [2.05, 4.69) is 15.9 Å². The molecule has 3 heteroatoms. The Balaban J connectivity index is 2.98. The lowest BCUT2D eigenvalue weighted by atomic mass is 10.0. The predicted molar refractivity (Wildman–Crippen MR) is 45.1 cm³/mol. The zero-order chi connectivity index (χ0) is 8.43. The maximum absolute atomic E-state index is 12.9. The van der Waals surface area contributed by atoms with Gasteiger partial charge in [0.15, 0.2) is 5.78 Å². The Kier molecular flexibility index (Phi) is 2.60. The van der Waals surface area contributed by atoms with Gasteiger partial charge in [-0.3, -0.25) is 4.79 Å². The van der Waals surface area contributed by atoms with E-state index < -0.39 is 0 Å². The smallest absolute Gasteiger partial charge is 0.162 e. The van der Waals surface area contributed by atoms with E-state index in [1.54, 1.807) is 6.08 Å². The van der Waals surface area contributed by atoms with Crippen LogP contribution in [0.15, 0.2) is 22.0 Å². The normalized spacial score (nSPS) is 18.3. The van der Waals surface area contributed by atoms with Gasteiger partial charge in [-0.15, -0.1) is 0 Å². The average molecular weight is 219 g/mol. The van der Waals surface area contributed by atoms with Crippen molar-refractivity contribution in [2.24, 2.45) is 0 Å². The fourth-order valence-electron chi connectivity index (χ4n) is 0.964. The van der Waals surface area contributed by atoms with Crippen LogP contribution >= 0.6 is 15.9 Å². The first-order chi connectivity index (χ1) is 5.11. The molecule has 0 aromatic carbocycles. The number of carbonyl (C=O) groups excluding carboxylic acids is 1. The van der Waals surface area contributed by atoms with Crippen molar-refractivity contribution in [1.82, 2.24) is 0 Å². The van der Waals surface area contributed by atoms with Gasteiger partial charge in [-0.1, -0.05) is 15.9 Å². The number of hydrogen-bond donors (Lipinski definition) is 0. The molecule has 0 fully saturated rings. The summed E-state index contributed by atoms with van der Waals surface area (Å²) in [7, 11) is 0. The van der Waals surface area contributed by atoms with E-state index in [0.29, 0.717) is 12.8 Å². The average Bonchev–Trinajstić information content (AvgIpc) is 1.94. The minimum atomic E-state index is -0.291. The third-order valence-electron chi connectivity index (χ3n) is 1.56. The van der Waals surface area contributed by atoms with E-state index in [9.17, 15) is 9.18 Å². The lowest BCUT2D eigenvalue weighted by molar-refractivity contribution is -0.113. The molecule has 0 bridgehead atoms. The summed E-state index contributed by atoms with van der Waals surface area (Å²) in [6, 6.07) is 0. The first-order valence-electron chi connectivity index (χ1n) is 3.37. The molecule has 60 valence electrons. The van der Waals surface area contributed by atoms with Crippen LogP contribution in [0.1, 0.15) is 19.8 Å². The summed E-state index contributed by atoms with van der Waals surface area (Å²) in [5.41, 5.74) is 0.211. The van der Waals surface area contributed by atoms with Crippen molar-refractivity contribution in [3.8, 4) is 0 Å². The first-order valence-corrected chi connectivity index (χ1v) is 4.16. The van der Waals surface area contributed by atoms with Crippen LogP contribution in [-0.2, 0) is 4.79 Å². The number of carbonyl (C=O) groups is 1. The third-order valence-corrected chi connectivity index (χ3v) is 2.18. The zero-order valence-electron chi connectivity index (χ0n) is 6.16. The number of halogens is 2. The maximum atomic E-state index is 12.9. The monoisotopic (exact) mass is 218 g/mol. The van der Waals surface area contributed by atoms with Gasteiger partial charge in [0, 0.05) is 12.0 Å². The molecule has 0 heterocycles. The molecule has 1 aliphatic rings. The van der Waals surface area contributed by atoms with E-state index in [-0.39, 0.29) is 17.2 Å². The molecule has 0 N–H and O–H groups in total. The van der Waals surface area contributed by atoms with E-state index in [1.165, 1.54) is 6.92 Å². The van der Waals surface area contributed by atoms with Crippen LogP contribution in [0.4, 0.5) is 4.39 Å². The van der Waals surface area contributed by atoms with Crippen LogP contribution in [0.25, 0.3) is 0 Å². The molecule has 1 rings (SSSR count). The van der Waals surface area contributed by atoms with Crippen LogP contribution in [0.2, 0.25) is 0 Å². The summed E-state index contributed by atoms with van der Waals surface area (Å²) in [6.07, 6.45) is 2.55. The minimum Gasteiger partial charge on any atom is -0.294 e. The highest BCUT2D eigenvalue weighted by Crippen LogP contribution is 2.28. The Morgan fingerprint density at radius 1 is 1.64 bits per heavy atom. The third kappa shape index (κ3) is 1.99. The van der Waals surface area contributed by atoms with E-state index in [0.717, 1.165) is 4.48 Å². The summed E-state index contributed by atoms with van der Waals surface area (Å²) in [5.74, 6) is -0.500. The molecule has 0 saturated carbocycles. The Bertz CT molecular complexity index is 253. The summed E-state index contributed by atoms with van der Waals surface area (Å²) in [6.45, 7) is 1.37. The van der Waals surface area contributed by atoms with Crippen LogP contribution in [0.5, 0.6) is 0 Å². The van der Waals surface area contributed by atoms with Crippen molar-refractivity contribution in [2.75, 3.05) is 0 Å². The van der Waals surface area contributed by atoms with Crippen LogP contribution in [-0.4, -0.2) is 5.78 Å². The Labute approximate surface area is 73.1 Å². The molecular weight excluding hydrogens is 211 g/mol. The molecule has 1 nitrogen and oxygen atoms in total. The number of Topliss-reactive ketones (excluding diaryl/α,β-unsaturated/α-hetero) is 1. The fourth-order valence-corrected chi connectivity index (χ4v) is 1.39. The Morgan fingerprint density at radius 2 is 2.27 bits per heavy atom. The molecule has 0 spiro atoms. The molecule has 0 atom stereocenters. The number of ketones is 1. The standard InChI is InChI=1S/C8H8BrFO/c1-5(11)7-4-6(9)2-3-8(7)10/h4H,2-3H2,1H3. The van der Waals surface area contributed by atoms with Gasteiger partial charge in [0.1, 0.15) is 5.83 Å². The predicted octanol–water partition coefficient (Wildman–Crippen LogP) is 2.87. The van der Waals surface area contributed by atoms with Crippen molar-refractivity contribution >= 4 is 21.7 Å². The van der Waals surface area contributed by atoms with Crippen molar-refractivity contribution in [2.45, 2.75) is 19.8 Å². The SMILES string of the molecule is CC(=O)C1=C(F)CCC(Br)=C1. The van der Waals surface area contributed by atoms with Gasteiger partial charge in [0.25, 0.3) is 0 Å². The summed E-state index contributed by atoms with van der Waals surface area (Å²) in [5, 5.41) is 0. The highest BCUT2D eigenvalue weighted by molar-refractivity contribution is 9.11. The lowest BCUT2D eigenvalue weighted by Gasteiger charge is -2.08. The van der Waals surface area contributed by atoms with Crippen molar-refractivity contribution < 1.29 is 9.18 Å². The van der Waals surface area contributed by atoms with Crippen molar-refractivity contribution in [3.63, 3.8) is 0 Å². The molecule has 11 heavy (non-hydrogen) atoms. The molecule has 0 radical (unpaired) electrons. The van der Waals surface area contributed by atoms with E-state index >= 15 is 0 Å². The van der Waals surface area contributed by atoms with Crippen LogP contribution < -0.4 is 0 Å². The Morgan fingerprint density at radius 3 is 2.73 bits per heavy atom. The number of allylic oxidation sites excluding steroid dienone is 4. The van der Waals surface area contributed by atoms with Crippen molar-refractivity contribution in [3.05, 3.63) is 22.0 Å². The minimum absolute atomic E-state index is 0.209. The second kappa shape index (κ2) is 3.30. The summed E-state index contributed by atoms with van der Waals surface area (Å²) in [4.78, 5) is 10.8. The molecule has 0 aromatic rings. The zero-order valence-corrected chi connectivity index (χ0v) is 7.74. The van der Waals surface area contributed by atoms with Gasteiger partial charge in [0.05, 0.1) is 0 Å². The van der Waals surface area contributed by atoms with Gasteiger partial charge in [-0.2, -0.15) is 0 Å². The second-order valence-corrected chi connectivity index (χ2v) is 3.48. The van der Waals surface area contributed by atoms with Gasteiger partial charge in [0.2, 0.25) is 0 Å². The molecule has 1 aliphatic carbocycles. The molecule has 0 aromatic heterocycles. The number of hydrogen-bond acceptors (Lipinski definition) is 1. The van der Waals surface area contributed by atoms with Gasteiger partial charge in [-0.25, -0.2) is 4.39 Å². The number of rotatable bonds is 1. The Hall–Kier alpha value is -0.440. The molecule has 0 amide bonds. The highest BCUT2D eigenvalue weighted by Gasteiger charge is 2.14. The van der Waals surface area contributed by atoms with E-state index in [4.69, 9.17) is 0 Å². The highest BCUT2D eigenvalue weighted by atomic mass is 79.9. The largest absolute Gasteiger partial charge is 0.294 e. The lowest BCUT2D eigenvalue weighted by Crippen LogP contribution is -2.01. The van der Waals surface area contributed by atoms with Crippen LogP contribution in [0, 0.1) is 0 Å². The van der Waals surface area contributed by atoms with Crippen LogP contribution in [0.3, 0.4) is 0 Å². The summed E-state index contributed by atoms with van der Waals surface area (Å²) < 4.78 is 13.8. The van der Waals surface area contributed by atoms with Gasteiger partial charge in [-0.05, 0) is 23.9 Å². The van der Waals surface area contributed by atoms with Crippen molar-refractivity contribution in [1.29, 1.82) is 0 Å². The maximum Gasteiger partial charge on any atom is 0.162 e. The van der Waals surface area contributed by atoms with Gasteiger partial charge >= 0.3 is 0 Å². The first kappa shape index (κ1) is 8.65.